The van der Waals surface area contributed by atoms with Gasteiger partial charge in [-0.05, 0) is 51.4 Å². The van der Waals surface area contributed by atoms with Crippen molar-refractivity contribution in [2.24, 2.45) is 0 Å². The highest BCUT2D eigenvalue weighted by Gasteiger charge is 2.19. The van der Waals surface area contributed by atoms with E-state index in [0.717, 1.165) is 77.0 Å². The molecule has 0 aliphatic carbocycles. The minimum atomic E-state index is -0.766. The molecule has 6 heteroatoms. The lowest BCUT2D eigenvalue weighted by Crippen LogP contribution is -2.30. The smallest absolute Gasteiger partial charge is 0.306 e. The van der Waals surface area contributed by atoms with Gasteiger partial charge >= 0.3 is 17.9 Å². The van der Waals surface area contributed by atoms with Crippen LogP contribution in [0.5, 0.6) is 0 Å². The van der Waals surface area contributed by atoms with E-state index in [1.54, 1.807) is 0 Å². The zero-order valence-corrected chi connectivity index (χ0v) is 38.1. The van der Waals surface area contributed by atoms with Gasteiger partial charge in [-0.1, -0.05) is 218 Å². The first kappa shape index (κ1) is 54.9. The van der Waals surface area contributed by atoms with E-state index >= 15 is 0 Å². The van der Waals surface area contributed by atoms with Crippen molar-refractivity contribution in [2.75, 3.05) is 13.2 Å². The summed E-state index contributed by atoms with van der Waals surface area (Å²) in [6.07, 6.45) is 51.9. The molecule has 334 valence electrons. The number of allylic oxidation sites excluding steroid dienone is 4. The average Bonchev–Trinajstić information content (AvgIpc) is 3.21. The molecule has 57 heavy (non-hydrogen) atoms. The highest BCUT2D eigenvalue weighted by molar-refractivity contribution is 5.71. The zero-order valence-electron chi connectivity index (χ0n) is 38.1. The summed E-state index contributed by atoms with van der Waals surface area (Å²) in [5.74, 6) is -0.882. The topological polar surface area (TPSA) is 78.9 Å². The van der Waals surface area contributed by atoms with E-state index in [1.165, 1.54) is 148 Å². The number of hydrogen-bond donors (Lipinski definition) is 0. The number of carbonyl (C=O) groups is 3. The molecule has 0 aromatic heterocycles. The van der Waals surface area contributed by atoms with Gasteiger partial charge in [0.15, 0.2) is 6.10 Å². The lowest BCUT2D eigenvalue weighted by atomic mass is 10.0. The predicted octanol–water partition coefficient (Wildman–Crippen LogP) is 16.0. The van der Waals surface area contributed by atoms with Crippen molar-refractivity contribution in [1.82, 2.24) is 0 Å². The Balaban J connectivity index is 4.16. The molecule has 0 aromatic carbocycles. The van der Waals surface area contributed by atoms with Crippen molar-refractivity contribution in [1.29, 1.82) is 0 Å². The molecule has 0 spiro atoms. The fourth-order valence-corrected chi connectivity index (χ4v) is 7.18. The second kappa shape index (κ2) is 46.6. The van der Waals surface area contributed by atoms with Crippen LogP contribution in [0.25, 0.3) is 0 Å². The highest BCUT2D eigenvalue weighted by Crippen LogP contribution is 2.16. The number of ether oxygens (including phenoxy) is 3. The molecule has 1 atom stereocenters. The average molecular weight is 803 g/mol. The van der Waals surface area contributed by atoms with Gasteiger partial charge in [-0.15, -0.1) is 0 Å². The molecule has 0 aliphatic rings. The summed E-state index contributed by atoms with van der Waals surface area (Å²) in [5.41, 5.74) is 0. The third-order valence-corrected chi connectivity index (χ3v) is 11.0. The standard InChI is InChI=1S/C51H94O6/c1-4-7-10-13-15-17-19-21-23-25-27-29-31-33-35-38-41-44-50(53)56-47-48(46-55-49(52)43-40-37-12-9-6-3)57-51(54)45-42-39-36-34-32-30-28-26-24-22-20-18-16-14-11-8-5-2/h15,17,21,23,48H,4-14,16,18-20,22,24-47H2,1-3H3/b17-15-,23-21-. The molecule has 0 N–H and O–H groups in total. The van der Waals surface area contributed by atoms with Crippen molar-refractivity contribution in [3.8, 4) is 0 Å². The molecular formula is C51H94O6. The Morgan fingerprint density at radius 3 is 1.00 bits per heavy atom. The molecular weight excluding hydrogens is 709 g/mol. The molecule has 1 unspecified atom stereocenters. The molecule has 0 rings (SSSR count). The van der Waals surface area contributed by atoms with E-state index < -0.39 is 6.10 Å². The Morgan fingerprint density at radius 1 is 0.351 bits per heavy atom. The number of hydrogen-bond acceptors (Lipinski definition) is 6. The Kier molecular flexibility index (Phi) is 44.9. The van der Waals surface area contributed by atoms with Crippen LogP contribution in [0.15, 0.2) is 24.3 Å². The molecule has 0 bridgehead atoms. The van der Waals surface area contributed by atoms with E-state index in [1.807, 2.05) is 0 Å². The van der Waals surface area contributed by atoms with Crippen LogP contribution in [0.4, 0.5) is 0 Å². The first-order chi connectivity index (χ1) is 28.0. The molecule has 0 aromatic rings. The van der Waals surface area contributed by atoms with Gasteiger partial charge in [0.05, 0.1) is 0 Å². The van der Waals surface area contributed by atoms with Gasteiger partial charge in [-0.2, -0.15) is 0 Å². The van der Waals surface area contributed by atoms with Crippen molar-refractivity contribution >= 4 is 17.9 Å². The summed E-state index contributed by atoms with van der Waals surface area (Å²) in [7, 11) is 0. The molecule has 0 saturated carbocycles. The van der Waals surface area contributed by atoms with Crippen molar-refractivity contribution in [3.63, 3.8) is 0 Å². The number of carbonyl (C=O) groups excluding carboxylic acids is 3. The van der Waals surface area contributed by atoms with E-state index in [0.29, 0.717) is 19.3 Å². The normalized spacial score (nSPS) is 12.1. The van der Waals surface area contributed by atoms with Crippen molar-refractivity contribution in [3.05, 3.63) is 24.3 Å². The first-order valence-electron chi connectivity index (χ1n) is 24.8. The summed E-state index contributed by atoms with van der Waals surface area (Å²) in [5, 5.41) is 0. The summed E-state index contributed by atoms with van der Waals surface area (Å²) in [6.45, 7) is 6.55. The molecule has 0 fully saturated rings. The monoisotopic (exact) mass is 803 g/mol. The van der Waals surface area contributed by atoms with Crippen LogP contribution in [0.2, 0.25) is 0 Å². The van der Waals surface area contributed by atoms with Crippen LogP contribution in [-0.4, -0.2) is 37.2 Å². The van der Waals surface area contributed by atoms with Gasteiger partial charge in [0.25, 0.3) is 0 Å². The third kappa shape index (κ3) is 44.8. The van der Waals surface area contributed by atoms with Crippen LogP contribution in [0.1, 0.15) is 265 Å². The fraction of sp³-hybridized carbons (Fsp3) is 0.863. The zero-order chi connectivity index (χ0) is 41.5. The minimum Gasteiger partial charge on any atom is -0.462 e. The highest BCUT2D eigenvalue weighted by atomic mass is 16.6. The van der Waals surface area contributed by atoms with Gasteiger partial charge in [0.1, 0.15) is 13.2 Å². The summed E-state index contributed by atoms with van der Waals surface area (Å²) in [4.78, 5) is 37.6. The van der Waals surface area contributed by atoms with Gasteiger partial charge in [-0.3, -0.25) is 14.4 Å². The van der Waals surface area contributed by atoms with Crippen molar-refractivity contribution < 1.29 is 28.6 Å². The fourth-order valence-electron chi connectivity index (χ4n) is 7.18. The van der Waals surface area contributed by atoms with E-state index in [9.17, 15) is 14.4 Å². The van der Waals surface area contributed by atoms with Crippen LogP contribution in [0, 0.1) is 0 Å². The maximum absolute atomic E-state index is 12.7. The first-order valence-corrected chi connectivity index (χ1v) is 24.8. The molecule has 0 amide bonds. The molecule has 0 saturated heterocycles. The Labute approximate surface area is 353 Å². The second-order valence-electron chi connectivity index (χ2n) is 16.7. The van der Waals surface area contributed by atoms with Crippen LogP contribution >= 0.6 is 0 Å². The van der Waals surface area contributed by atoms with Crippen LogP contribution in [0.3, 0.4) is 0 Å². The maximum Gasteiger partial charge on any atom is 0.306 e. The van der Waals surface area contributed by atoms with E-state index in [-0.39, 0.29) is 31.1 Å². The molecule has 0 aliphatic heterocycles. The Hall–Kier alpha value is -2.11. The second-order valence-corrected chi connectivity index (χ2v) is 16.7. The maximum atomic E-state index is 12.7. The van der Waals surface area contributed by atoms with Gasteiger partial charge in [0, 0.05) is 19.3 Å². The van der Waals surface area contributed by atoms with Gasteiger partial charge < -0.3 is 14.2 Å². The van der Waals surface area contributed by atoms with Gasteiger partial charge in [-0.25, -0.2) is 0 Å². The number of rotatable bonds is 45. The largest absolute Gasteiger partial charge is 0.462 e. The SMILES string of the molecule is CCCCC/C=C\C/C=C\CCCCCCCCCC(=O)OCC(COC(=O)CCCCCCC)OC(=O)CCCCCCCCCCCCCCCCCCC. The van der Waals surface area contributed by atoms with Crippen molar-refractivity contribution in [2.45, 2.75) is 271 Å². The van der Waals surface area contributed by atoms with E-state index in [2.05, 4.69) is 45.1 Å². The quantitative estimate of drug-likeness (QED) is 0.0264. The van der Waals surface area contributed by atoms with Gasteiger partial charge in [0.2, 0.25) is 0 Å². The van der Waals surface area contributed by atoms with E-state index in [4.69, 9.17) is 14.2 Å². The lowest BCUT2D eigenvalue weighted by Gasteiger charge is -2.18. The Bertz CT molecular complexity index is 927. The lowest BCUT2D eigenvalue weighted by molar-refractivity contribution is -0.167. The number of unbranched alkanes of at least 4 members (excludes halogenated alkanes) is 30. The minimum absolute atomic E-state index is 0.0716. The number of esters is 3. The third-order valence-electron chi connectivity index (χ3n) is 11.0. The molecule has 0 radical (unpaired) electrons. The molecule has 6 nitrogen and oxygen atoms in total. The molecule has 0 heterocycles. The Morgan fingerprint density at radius 2 is 0.632 bits per heavy atom. The van der Waals surface area contributed by atoms with Crippen LogP contribution in [-0.2, 0) is 28.6 Å². The summed E-state index contributed by atoms with van der Waals surface area (Å²) in [6, 6.07) is 0. The van der Waals surface area contributed by atoms with Crippen LogP contribution < -0.4 is 0 Å². The predicted molar refractivity (Wildman–Crippen MR) is 243 cm³/mol. The summed E-state index contributed by atoms with van der Waals surface area (Å²) < 4.78 is 16.7. The summed E-state index contributed by atoms with van der Waals surface area (Å²) >= 11 is 0.